The van der Waals surface area contributed by atoms with Crippen molar-refractivity contribution in [1.29, 1.82) is 0 Å². The van der Waals surface area contributed by atoms with Crippen LogP contribution < -0.4 is 10.1 Å². The maximum Gasteiger partial charge on any atom is 0.261 e. The normalized spacial score (nSPS) is 14.9. The van der Waals surface area contributed by atoms with Crippen molar-refractivity contribution in [2.24, 2.45) is 0 Å². The Morgan fingerprint density at radius 2 is 1.74 bits per heavy atom. The molecule has 1 atom stereocenters. The third-order valence-electron chi connectivity index (χ3n) is 6.77. The maximum atomic E-state index is 13.4. The van der Waals surface area contributed by atoms with E-state index in [0.717, 1.165) is 52.1 Å². The number of hydrogen-bond acceptors (Lipinski definition) is 3. The molecule has 184 valence electrons. The molecule has 6 heteroatoms. The van der Waals surface area contributed by atoms with E-state index in [1.165, 1.54) is 6.42 Å². The first-order valence-corrected chi connectivity index (χ1v) is 13.2. The molecule has 1 saturated carbocycles. The molecular weight excluding hydrogens is 504 g/mol. The van der Waals surface area contributed by atoms with E-state index in [4.69, 9.17) is 4.74 Å². The van der Waals surface area contributed by atoms with Gasteiger partial charge in [-0.05, 0) is 65.0 Å². The smallest absolute Gasteiger partial charge is 0.261 e. The van der Waals surface area contributed by atoms with Crippen LogP contribution in [0.15, 0.2) is 65.1 Å². The number of amides is 2. The van der Waals surface area contributed by atoms with Crippen molar-refractivity contribution in [3.05, 3.63) is 76.3 Å². The number of benzene rings is 3. The van der Waals surface area contributed by atoms with Crippen LogP contribution in [-0.2, 0) is 16.1 Å². The molecule has 0 saturated heterocycles. The van der Waals surface area contributed by atoms with Gasteiger partial charge in [-0.1, -0.05) is 79.4 Å². The van der Waals surface area contributed by atoms with Gasteiger partial charge >= 0.3 is 0 Å². The van der Waals surface area contributed by atoms with Crippen molar-refractivity contribution in [2.75, 3.05) is 6.61 Å². The van der Waals surface area contributed by atoms with E-state index < -0.39 is 6.04 Å². The SMILES string of the molecule is Cc1ccc(CN(C(=O)COc2ccc3ccccc3c2Br)C(C)C(=O)NC2CCCCC2)cc1. The molecule has 0 aliphatic heterocycles. The van der Waals surface area contributed by atoms with Crippen LogP contribution in [0.3, 0.4) is 0 Å². The number of carbonyl (C=O) groups is 2. The molecule has 0 aromatic heterocycles. The molecule has 0 spiro atoms. The topological polar surface area (TPSA) is 58.6 Å². The molecule has 4 rings (SSSR count). The second-order valence-corrected chi connectivity index (χ2v) is 10.2. The number of carbonyl (C=O) groups excluding carboxylic acids is 2. The van der Waals surface area contributed by atoms with E-state index >= 15 is 0 Å². The number of halogens is 1. The third kappa shape index (κ3) is 6.43. The summed E-state index contributed by atoms with van der Waals surface area (Å²) >= 11 is 3.62. The fourth-order valence-electron chi connectivity index (χ4n) is 4.59. The Balaban J connectivity index is 1.49. The molecule has 3 aromatic carbocycles. The number of aryl methyl sites for hydroxylation is 1. The quantitative estimate of drug-likeness (QED) is 0.375. The summed E-state index contributed by atoms with van der Waals surface area (Å²) in [4.78, 5) is 28.2. The highest BCUT2D eigenvalue weighted by molar-refractivity contribution is 9.10. The lowest BCUT2D eigenvalue weighted by Crippen LogP contribution is -2.51. The lowest BCUT2D eigenvalue weighted by Gasteiger charge is -2.31. The molecule has 1 N–H and O–H groups in total. The molecule has 1 unspecified atom stereocenters. The number of fused-ring (bicyclic) bond motifs is 1. The van der Waals surface area contributed by atoms with Gasteiger partial charge in [0.25, 0.3) is 5.91 Å². The predicted octanol–water partition coefficient (Wildman–Crippen LogP) is 6.16. The van der Waals surface area contributed by atoms with Gasteiger partial charge in [0.05, 0.1) is 4.47 Å². The van der Waals surface area contributed by atoms with Gasteiger partial charge in [0.1, 0.15) is 11.8 Å². The van der Waals surface area contributed by atoms with E-state index in [2.05, 4.69) is 21.2 Å². The lowest BCUT2D eigenvalue weighted by atomic mass is 9.95. The lowest BCUT2D eigenvalue weighted by molar-refractivity contribution is -0.142. The Labute approximate surface area is 216 Å². The Morgan fingerprint density at radius 3 is 2.49 bits per heavy atom. The van der Waals surface area contributed by atoms with Crippen molar-refractivity contribution < 1.29 is 14.3 Å². The Kier molecular flexibility index (Phi) is 8.45. The van der Waals surface area contributed by atoms with Gasteiger partial charge < -0.3 is 15.0 Å². The molecule has 5 nitrogen and oxygen atoms in total. The van der Waals surface area contributed by atoms with Crippen LogP contribution in [0.25, 0.3) is 10.8 Å². The van der Waals surface area contributed by atoms with Crippen LogP contribution in [0.5, 0.6) is 5.75 Å². The molecule has 3 aromatic rings. The van der Waals surface area contributed by atoms with Crippen LogP contribution in [0, 0.1) is 6.92 Å². The van der Waals surface area contributed by atoms with E-state index in [1.807, 2.05) is 67.6 Å². The molecule has 1 fully saturated rings. The van der Waals surface area contributed by atoms with E-state index in [9.17, 15) is 9.59 Å². The van der Waals surface area contributed by atoms with Crippen molar-refractivity contribution in [3.63, 3.8) is 0 Å². The average Bonchev–Trinajstić information content (AvgIpc) is 2.88. The summed E-state index contributed by atoms with van der Waals surface area (Å²) < 4.78 is 6.77. The summed E-state index contributed by atoms with van der Waals surface area (Å²) in [6.07, 6.45) is 5.51. The minimum Gasteiger partial charge on any atom is -0.483 e. The van der Waals surface area contributed by atoms with Crippen LogP contribution in [0.4, 0.5) is 0 Å². The maximum absolute atomic E-state index is 13.4. The summed E-state index contributed by atoms with van der Waals surface area (Å²) in [5, 5.41) is 5.28. The van der Waals surface area contributed by atoms with Gasteiger partial charge in [-0.3, -0.25) is 9.59 Å². The van der Waals surface area contributed by atoms with Gasteiger partial charge in [-0.15, -0.1) is 0 Å². The summed E-state index contributed by atoms with van der Waals surface area (Å²) in [6, 6.07) is 19.5. The van der Waals surface area contributed by atoms with Gasteiger partial charge in [0.2, 0.25) is 5.91 Å². The molecule has 0 bridgehead atoms. The summed E-state index contributed by atoms with van der Waals surface area (Å²) in [7, 11) is 0. The molecule has 2 amide bonds. The zero-order valence-corrected chi connectivity index (χ0v) is 22.0. The number of ether oxygens (including phenoxy) is 1. The number of nitrogens with one attached hydrogen (secondary N) is 1. The minimum atomic E-state index is -0.602. The largest absolute Gasteiger partial charge is 0.483 e. The minimum absolute atomic E-state index is 0.107. The third-order valence-corrected chi connectivity index (χ3v) is 7.59. The van der Waals surface area contributed by atoms with Crippen molar-refractivity contribution >= 4 is 38.5 Å². The van der Waals surface area contributed by atoms with E-state index in [-0.39, 0.29) is 24.5 Å². The predicted molar refractivity (Wildman–Crippen MR) is 143 cm³/mol. The summed E-state index contributed by atoms with van der Waals surface area (Å²) in [5.74, 6) is 0.271. The first kappa shape index (κ1) is 25.2. The standard InChI is InChI=1S/C29H33BrN2O3/c1-20-12-14-22(15-13-20)18-32(21(2)29(34)31-24-9-4-3-5-10-24)27(33)19-35-26-17-16-23-8-6-7-11-25(23)28(26)30/h6-8,11-17,21,24H,3-5,9-10,18-19H2,1-2H3,(H,31,34). The highest BCUT2D eigenvalue weighted by Crippen LogP contribution is 2.33. The van der Waals surface area contributed by atoms with Crippen molar-refractivity contribution in [1.82, 2.24) is 10.2 Å². The van der Waals surface area contributed by atoms with Gasteiger partial charge in [0.15, 0.2) is 6.61 Å². The fourth-order valence-corrected chi connectivity index (χ4v) is 5.20. The zero-order chi connectivity index (χ0) is 24.8. The Morgan fingerprint density at radius 1 is 1.03 bits per heavy atom. The zero-order valence-electron chi connectivity index (χ0n) is 20.4. The van der Waals surface area contributed by atoms with E-state index in [1.54, 1.807) is 11.8 Å². The van der Waals surface area contributed by atoms with Gasteiger partial charge in [0, 0.05) is 12.6 Å². The molecule has 35 heavy (non-hydrogen) atoms. The number of rotatable bonds is 8. The summed E-state index contributed by atoms with van der Waals surface area (Å²) in [6.45, 7) is 4.03. The second-order valence-electron chi connectivity index (χ2n) is 9.41. The monoisotopic (exact) mass is 536 g/mol. The second kappa shape index (κ2) is 11.7. The molecule has 1 aliphatic rings. The molecule has 1 aliphatic carbocycles. The van der Waals surface area contributed by atoms with Gasteiger partial charge in [-0.25, -0.2) is 0 Å². The van der Waals surface area contributed by atoms with Crippen LogP contribution >= 0.6 is 15.9 Å². The molecule has 0 radical (unpaired) electrons. The van der Waals surface area contributed by atoms with Crippen molar-refractivity contribution in [2.45, 2.75) is 64.6 Å². The van der Waals surface area contributed by atoms with Crippen LogP contribution in [0.1, 0.15) is 50.2 Å². The Hall–Kier alpha value is -2.86. The van der Waals surface area contributed by atoms with Gasteiger partial charge in [-0.2, -0.15) is 0 Å². The first-order chi connectivity index (χ1) is 16.9. The van der Waals surface area contributed by atoms with Crippen molar-refractivity contribution in [3.8, 4) is 5.75 Å². The molecule has 0 heterocycles. The Bertz CT molecular complexity index is 1170. The highest BCUT2D eigenvalue weighted by Gasteiger charge is 2.28. The van der Waals surface area contributed by atoms with Crippen LogP contribution in [0.2, 0.25) is 0 Å². The first-order valence-electron chi connectivity index (χ1n) is 12.4. The number of hydrogen-bond donors (Lipinski definition) is 1. The van der Waals surface area contributed by atoms with E-state index in [0.29, 0.717) is 12.3 Å². The summed E-state index contributed by atoms with van der Waals surface area (Å²) in [5.41, 5.74) is 2.13. The average molecular weight is 537 g/mol. The fraction of sp³-hybridized carbons (Fsp3) is 0.379. The molecular formula is C29H33BrN2O3. The van der Waals surface area contributed by atoms with Crippen LogP contribution in [-0.4, -0.2) is 35.4 Å². The highest BCUT2D eigenvalue weighted by atomic mass is 79.9. The number of nitrogens with zero attached hydrogens (tertiary/aromatic N) is 1.